The van der Waals surface area contributed by atoms with Crippen molar-refractivity contribution in [1.29, 1.82) is 0 Å². The number of hydrogen-bond acceptors (Lipinski definition) is 4. The first-order valence-corrected chi connectivity index (χ1v) is 13.7. The number of urea groups is 1. The molecule has 7 atom stereocenters. The van der Waals surface area contributed by atoms with Crippen molar-refractivity contribution in [3.05, 3.63) is 34.3 Å². The van der Waals surface area contributed by atoms with Crippen molar-refractivity contribution in [3.63, 3.8) is 0 Å². The zero-order valence-corrected chi connectivity index (χ0v) is 23.5. The molecule has 3 saturated carbocycles. The standard InChI is InChI=1S/C29H43ClN2O4/c1-16(2)23(15-33)28(6,17-8-9-18(24(30)12-17)19-13-22(19)27(3,4)5)31-26(35)32-29-11-10-21(29)20(14-29)25(34)36-7/h8-9,12,16,19-23,33H,10-11,13-15H2,1-7H3,(H2,31,32,35)/t19-,20?,21?,22+,23?,28-,29?/m0/s1. The fourth-order valence-corrected chi connectivity index (χ4v) is 7.38. The van der Waals surface area contributed by atoms with Crippen molar-refractivity contribution in [2.24, 2.45) is 35.0 Å². The van der Waals surface area contributed by atoms with E-state index >= 15 is 0 Å². The Balaban J connectivity index is 1.55. The molecule has 1 aromatic carbocycles. The molecule has 3 N–H and O–H groups in total. The molecule has 0 bridgehead atoms. The molecule has 0 spiro atoms. The predicted molar refractivity (Wildman–Crippen MR) is 142 cm³/mol. The highest BCUT2D eigenvalue weighted by atomic mass is 35.5. The Bertz CT molecular complexity index is 1020. The van der Waals surface area contributed by atoms with Gasteiger partial charge in [0, 0.05) is 23.1 Å². The van der Waals surface area contributed by atoms with Gasteiger partial charge in [-0.05, 0) is 78.9 Å². The number of methoxy groups -OCH3 is 1. The van der Waals surface area contributed by atoms with Gasteiger partial charge in [-0.15, -0.1) is 0 Å². The number of carbonyl (C=O) groups excluding carboxylic acids is 2. The Kier molecular flexibility index (Phi) is 7.19. The van der Waals surface area contributed by atoms with Crippen LogP contribution in [0.25, 0.3) is 0 Å². The third kappa shape index (κ3) is 4.64. The number of halogens is 1. The number of aliphatic hydroxyl groups is 1. The van der Waals surface area contributed by atoms with Crippen molar-refractivity contribution in [2.45, 2.75) is 84.2 Å². The average Bonchev–Trinajstić information content (AvgIpc) is 3.58. The van der Waals surface area contributed by atoms with E-state index in [1.807, 2.05) is 13.0 Å². The maximum Gasteiger partial charge on any atom is 0.315 e. The summed E-state index contributed by atoms with van der Waals surface area (Å²) in [6, 6.07) is 5.86. The van der Waals surface area contributed by atoms with Gasteiger partial charge in [-0.1, -0.05) is 58.4 Å². The number of carbonyl (C=O) groups is 2. The predicted octanol–water partition coefficient (Wildman–Crippen LogP) is 5.61. The lowest BCUT2D eigenvalue weighted by Crippen LogP contribution is -2.73. The molecule has 6 nitrogen and oxygen atoms in total. The lowest BCUT2D eigenvalue weighted by Gasteiger charge is -2.62. The van der Waals surface area contributed by atoms with Crippen LogP contribution in [-0.2, 0) is 15.1 Å². The summed E-state index contributed by atoms with van der Waals surface area (Å²) in [5, 5.41) is 17.5. The quantitative estimate of drug-likeness (QED) is 0.390. The van der Waals surface area contributed by atoms with E-state index in [4.69, 9.17) is 16.3 Å². The highest BCUT2D eigenvalue weighted by Gasteiger charge is 2.63. The summed E-state index contributed by atoms with van der Waals surface area (Å²) < 4.78 is 4.93. The summed E-state index contributed by atoms with van der Waals surface area (Å²) in [6.45, 7) is 12.8. The van der Waals surface area contributed by atoms with E-state index in [9.17, 15) is 14.7 Å². The van der Waals surface area contributed by atoms with Gasteiger partial charge >= 0.3 is 12.0 Å². The lowest BCUT2D eigenvalue weighted by molar-refractivity contribution is -0.167. The van der Waals surface area contributed by atoms with Crippen LogP contribution in [0.4, 0.5) is 4.79 Å². The van der Waals surface area contributed by atoms with E-state index < -0.39 is 5.54 Å². The first-order chi connectivity index (χ1) is 16.8. The highest BCUT2D eigenvalue weighted by Crippen LogP contribution is 2.59. The monoisotopic (exact) mass is 518 g/mol. The molecular formula is C29H43ClN2O4. The number of rotatable bonds is 8. The van der Waals surface area contributed by atoms with Crippen LogP contribution in [0.3, 0.4) is 0 Å². The molecule has 200 valence electrons. The highest BCUT2D eigenvalue weighted by molar-refractivity contribution is 6.31. The van der Waals surface area contributed by atoms with Crippen molar-refractivity contribution in [1.82, 2.24) is 10.6 Å². The Hall–Kier alpha value is -1.79. The van der Waals surface area contributed by atoms with Gasteiger partial charge in [-0.25, -0.2) is 4.79 Å². The third-order valence-corrected chi connectivity index (χ3v) is 9.89. The summed E-state index contributed by atoms with van der Waals surface area (Å²) >= 11 is 6.84. The molecule has 3 aliphatic rings. The van der Waals surface area contributed by atoms with Crippen LogP contribution >= 0.6 is 11.6 Å². The molecule has 7 heteroatoms. The van der Waals surface area contributed by atoms with E-state index in [1.165, 1.54) is 7.11 Å². The molecule has 0 aromatic heterocycles. The number of esters is 1. The topological polar surface area (TPSA) is 87.7 Å². The zero-order chi connectivity index (χ0) is 26.6. The maximum absolute atomic E-state index is 13.4. The second-order valence-electron chi connectivity index (χ2n) is 13.0. The maximum atomic E-state index is 13.4. The SMILES string of the molecule is COC(=O)C1CC2(NC(=O)N[C@@](C)(c3ccc([C@@H]4C[C@H]4C(C)(C)C)c(Cl)c3)C(CO)C(C)C)CCC12. The third-order valence-electron chi connectivity index (χ3n) is 9.57. The number of amides is 2. The Morgan fingerprint density at radius 3 is 2.39 bits per heavy atom. The van der Waals surface area contributed by atoms with Gasteiger partial charge in [0.2, 0.25) is 0 Å². The van der Waals surface area contributed by atoms with Gasteiger partial charge in [0.05, 0.1) is 18.6 Å². The van der Waals surface area contributed by atoms with Gasteiger partial charge in [-0.2, -0.15) is 0 Å². The second-order valence-corrected chi connectivity index (χ2v) is 13.4. The van der Waals surface area contributed by atoms with Crippen molar-refractivity contribution in [2.75, 3.05) is 13.7 Å². The Morgan fingerprint density at radius 1 is 1.25 bits per heavy atom. The van der Waals surface area contributed by atoms with Gasteiger partial charge in [-0.3, -0.25) is 4.79 Å². The molecule has 0 saturated heterocycles. The smallest absolute Gasteiger partial charge is 0.315 e. The fraction of sp³-hybridized carbons (Fsp3) is 0.724. The summed E-state index contributed by atoms with van der Waals surface area (Å²) in [6.07, 6.45) is 3.52. The van der Waals surface area contributed by atoms with Crippen molar-refractivity contribution < 1.29 is 19.4 Å². The molecule has 3 aliphatic carbocycles. The molecule has 0 aliphatic heterocycles. The van der Waals surface area contributed by atoms with E-state index in [2.05, 4.69) is 57.4 Å². The lowest BCUT2D eigenvalue weighted by atomic mass is 9.47. The van der Waals surface area contributed by atoms with Crippen molar-refractivity contribution in [3.8, 4) is 0 Å². The van der Waals surface area contributed by atoms with Gasteiger partial charge in [0.25, 0.3) is 0 Å². The number of benzene rings is 1. The normalized spacial score (nSPS) is 31.3. The largest absolute Gasteiger partial charge is 0.469 e. The first-order valence-electron chi connectivity index (χ1n) is 13.4. The number of fused-ring (bicyclic) bond motifs is 1. The minimum Gasteiger partial charge on any atom is -0.469 e. The number of ether oxygens (including phenoxy) is 1. The summed E-state index contributed by atoms with van der Waals surface area (Å²) in [5.74, 6) is 0.779. The molecule has 36 heavy (non-hydrogen) atoms. The zero-order valence-electron chi connectivity index (χ0n) is 22.8. The minimum absolute atomic E-state index is 0.0687. The summed E-state index contributed by atoms with van der Waals surface area (Å²) in [4.78, 5) is 25.4. The van der Waals surface area contributed by atoms with Gasteiger partial charge in [0.15, 0.2) is 0 Å². The van der Waals surface area contributed by atoms with E-state index in [1.54, 1.807) is 0 Å². The molecule has 4 unspecified atom stereocenters. The summed E-state index contributed by atoms with van der Waals surface area (Å²) in [7, 11) is 1.41. The molecule has 3 fully saturated rings. The second kappa shape index (κ2) is 9.50. The van der Waals surface area contributed by atoms with E-state index in [0.717, 1.165) is 35.4 Å². The Labute approximate surface area is 220 Å². The number of hydrogen-bond donors (Lipinski definition) is 3. The Morgan fingerprint density at radius 2 is 1.94 bits per heavy atom. The molecule has 0 radical (unpaired) electrons. The number of aliphatic hydroxyl groups excluding tert-OH is 1. The fourth-order valence-electron chi connectivity index (χ4n) is 7.06. The molecule has 4 rings (SSSR count). The van der Waals surface area contributed by atoms with Crippen LogP contribution in [0.1, 0.15) is 84.3 Å². The van der Waals surface area contributed by atoms with Crippen LogP contribution in [0.2, 0.25) is 5.02 Å². The average molecular weight is 519 g/mol. The summed E-state index contributed by atoms with van der Waals surface area (Å²) in [5.41, 5.74) is 1.12. The molecular weight excluding hydrogens is 476 g/mol. The molecule has 0 heterocycles. The minimum atomic E-state index is -0.830. The number of nitrogens with one attached hydrogen (secondary N) is 2. The van der Waals surface area contributed by atoms with E-state index in [0.29, 0.717) is 18.3 Å². The van der Waals surface area contributed by atoms with Crippen LogP contribution in [0.5, 0.6) is 0 Å². The molecule has 1 aromatic rings. The van der Waals surface area contributed by atoms with Crippen LogP contribution in [0.15, 0.2) is 18.2 Å². The van der Waals surface area contributed by atoms with E-state index in [-0.39, 0.29) is 53.2 Å². The first kappa shape index (κ1) is 27.3. The van der Waals surface area contributed by atoms with Gasteiger partial charge in [0.1, 0.15) is 0 Å². The van der Waals surface area contributed by atoms with Crippen LogP contribution < -0.4 is 10.6 Å². The van der Waals surface area contributed by atoms with Gasteiger partial charge < -0.3 is 20.5 Å². The van der Waals surface area contributed by atoms with Crippen LogP contribution in [0, 0.1) is 35.0 Å². The van der Waals surface area contributed by atoms with Crippen LogP contribution in [-0.4, -0.2) is 36.4 Å². The molecule has 2 amide bonds. The van der Waals surface area contributed by atoms with Crippen molar-refractivity contribution >= 4 is 23.6 Å².